The lowest BCUT2D eigenvalue weighted by atomic mass is 10.2. The van der Waals surface area contributed by atoms with Crippen LogP contribution in [0.5, 0.6) is 0 Å². The van der Waals surface area contributed by atoms with E-state index in [1.54, 1.807) is 21.0 Å². The van der Waals surface area contributed by atoms with Crippen molar-refractivity contribution in [2.45, 2.75) is 26.3 Å². The lowest BCUT2D eigenvalue weighted by Gasteiger charge is -2.30. The van der Waals surface area contributed by atoms with Crippen molar-refractivity contribution in [3.8, 4) is 0 Å². The fraction of sp³-hybridized carbons (Fsp3) is 0.556. The van der Waals surface area contributed by atoms with Gasteiger partial charge < -0.3 is 9.47 Å². The summed E-state index contributed by atoms with van der Waals surface area (Å²) < 4.78 is 23.2. The van der Waals surface area contributed by atoms with Crippen molar-refractivity contribution in [3.63, 3.8) is 0 Å². The summed E-state index contributed by atoms with van der Waals surface area (Å²) >= 11 is 0. The molecule has 0 aromatic heterocycles. The fourth-order valence-electron chi connectivity index (χ4n) is 2.32. The van der Waals surface area contributed by atoms with E-state index in [0.29, 0.717) is 18.8 Å². The third-order valence-corrected chi connectivity index (χ3v) is 3.87. The maximum atomic E-state index is 13.2. The van der Waals surface area contributed by atoms with Gasteiger partial charge in [-0.3, -0.25) is 19.4 Å². The number of rotatable bonds is 10. The maximum absolute atomic E-state index is 13.2. The van der Waals surface area contributed by atoms with E-state index in [2.05, 4.69) is 0 Å². The van der Waals surface area contributed by atoms with Crippen LogP contribution in [-0.2, 0) is 19.1 Å². The van der Waals surface area contributed by atoms with Gasteiger partial charge in [0.2, 0.25) is 5.91 Å². The number of halogens is 1. The van der Waals surface area contributed by atoms with Gasteiger partial charge in [-0.1, -0.05) is 0 Å². The second kappa shape index (κ2) is 10.8. The zero-order valence-corrected chi connectivity index (χ0v) is 15.3. The van der Waals surface area contributed by atoms with Crippen LogP contribution in [0.15, 0.2) is 24.3 Å². The van der Waals surface area contributed by atoms with E-state index in [9.17, 15) is 14.0 Å². The Morgan fingerprint density at radius 1 is 1.24 bits per heavy atom. The number of carbonyl (C=O) groups excluding carboxylic acids is 2. The Hall–Kier alpha value is -1.99. The molecule has 0 aliphatic carbocycles. The van der Waals surface area contributed by atoms with Crippen molar-refractivity contribution in [1.29, 1.82) is 0 Å². The molecule has 0 saturated heterocycles. The van der Waals surface area contributed by atoms with Crippen molar-refractivity contribution in [1.82, 2.24) is 4.90 Å². The van der Waals surface area contributed by atoms with E-state index in [1.807, 2.05) is 11.9 Å². The highest BCUT2D eigenvalue weighted by atomic mass is 19.1. The predicted octanol–water partition coefficient (Wildman–Crippen LogP) is 2.08. The topological polar surface area (TPSA) is 59.1 Å². The van der Waals surface area contributed by atoms with E-state index in [0.717, 1.165) is 6.42 Å². The van der Waals surface area contributed by atoms with Crippen molar-refractivity contribution >= 4 is 17.6 Å². The molecule has 1 aromatic rings. The van der Waals surface area contributed by atoms with Gasteiger partial charge in [0.25, 0.3) is 0 Å². The molecule has 7 heteroatoms. The average molecular weight is 354 g/mol. The first kappa shape index (κ1) is 21.1. The first-order chi connectivity index (χ1) is 11.9. The molecule has 25 heavy (non-hydrogen) atoms. The van der Waals surface area contributed by atoms with Gasteiger partial charge in [0.15, 0.2) is 0 Å². The van der Waals surface area contributed by atoms with Gasteiger partial charge in [0.1, 0.15) is 12.4 Å². The van der Waals surface area contributed by atoms with Crippen LogP contribution < -0.4 is 4.90 Å². The number of carbonyl (C=O) groups is 2. The Kier molecular flexibility index (Phi) is 9.08. The third kappa shape index (κ3) is 6.80. The number of esters is 1. The second-order valence-electron chi connectivity index (χ2n) is 5.71. The number of benzene rings is 1. The molecule has 0 bridgehead atoms. The van der Waals surface area contributed by atoms with E-state index in [1.165, 1.54) is 29.2 Å². The molecular weight excluding hydrogens is 327 g/mol. The van der Waals surface area contributed by atoms with Crippen LogP contribution in [0.3, 0.4) is 0 Å². The maximum Gasteiger partial charge on any atom is 0.326 e. The molecule has 140 valence electrons. The van der Waals surface area contributed by atoms with E-state index < -0.39 is 17.8 Å². The molecule has 0 fully saturated rings. The first-order valence-electron chi connectivity index (χ1n) is 8.32. The number of amides is 1. The van der Waals surface area contributed by atoms with Crippen molar-refractivity contribution in [2.75, 3.05) is 45.4 Å². The van der Waals surface area contributed by atoms with Crippen LogP contribution in [0.4, 0.5) is 10.1 Å². The summed E-state index contributed by atoms with van der Waals surface area (Å²) in [5, 5.41) is 0. The monoisotopic (exact) mass is 354 g/mol. The van der Waals surface area contributed by atoms with Gasteiger partial charge in [-0.15, -0.1) is 0 Å². The van der Waals surface area contributed by atoms with Crippen LogP contribution in [0.25, 0.3) is 0 Å². The summed E-state index contributed by atoms with van der Waals surface area (Å²) in [5.41, 5.74) is 0.455. The summed E-state index contributed by atoms with van der Waals surface area (Å²) in [6.07, 6.45) is 0.791. The number of likely N-dealkylation sites (N-methyl/N-ethyl adjacent to an activating group) is 1. The molecule has 1 unspecified atom stereocenters. The summed E-state index contributed by atoms with van der Waals surface area (Å²) in [4.78, 5) is 28.0. The molecule has 0 heterocycles. The van der Waals surface area contributed by atoms with Crippen molar-refractivity contribution in [2.24, 2.45) is 0 Å². The molecule has 1 amide bonds. The fourth-order valence-corrected chi connectivity index (χ4v) is 2.32. The highest BCUT2D eigenvalue weighted by Gasteiger charge is 2.27. The summed E-state index contributed by atoms with van der Waals surface area (Å²) in [5.74, 6) is -1.16. The van der Waals surface area contributed by atoms with E-state index in [-0.39, 0.29) is 19.1 Å². The number of methoxy groups -OCH3 is 1. The Bertz CT molecular complexity index is 551. The zero-order chi connectivity index (χ0) is 18.8. The number of nitrogens with zero attached hydrogens (tertiary/aromatic N) is 2. The van der Waals surface area contributed by atoms with Crippen molar-refractivity contribution in [3.05, 3.63) is 30.1 Å². The van der Waals surface area contributed by atoms with Gasteiger partial charge in [-0.05, 0) is 51.6 Å². The highest BCUT2D eigenvalue weighted by molar-refractivity contribution is 6.00. The largest absolute Gasteiger partial charge is 0.465 e. The quantitative estimate of drug-likeness (QED) is 0.476. The molecule has 6 nitrogen and oxygen atoms in total. The number of hydrogen-bond donors (Lipinski definition) is 0. The Morgan fingerprint density at radius 2 is 1.88 bits per heavy atom. The molecule has 0 saturated carbocycles. The number of anilines is 1. The first-order valence-corrected chi connectivity index (χ1v) is 8.32. The molecule has 0 radical (unpaired) electrons. The minimum absolute atomic E-state index is 0.214. The summed E-state index contributed by atoms with van der Waals surface area (Å²) in [6.45, 7) is 4.78. The molecule has 1 atom stereocenters. The highest BCUT2D eigenvalue weighted by Crippen LogP contribution is 2.17. The second-order valence-corrected chi connectivity index (χ2v) is 5.71. The van der Waals surface area contributed by atoms with Crippen LogP contribution in [0.1, 0.15) is 20.3 Å². The average Bonchev–Trinajstić information content (AvgIpc) is 2.59. The zero-order valence-electron chi connectivity index (χ0n) is 15.3. The van der Waals surface area contributed by atoms with Crippen LogP contribution in [0.2, 0.25) is 0 Å². The Labute approximate surface area is 148 Å². The van der Waals surface area contributed by atoms with E-state index in [4.69, 9.17) is 9.47 Å². The number of ether oxygens (including phenoxy) is 2. The summed E-state index contributed by atoms with van der Waals surface area (Å²) in [6, 6.07) is 5.02. The van der Waals surface area contributed by atoms with Crippen LogP contribution in [0, 0.1) is 5.82 Å². The molecular formula is C18H27FN2O4. The predicted molar refractivity (Wildman–Crippen MR) is 94.0 cm³/mol. The molecule has 0 spiro atoms. The lowest BCUT2D eigenvalue weighted by molar-refractivity contribution is -0.142. The SMILES string of the molecule is CCOC(=O)CN(C(=O)C(C)N(C)CCCOC)c1ccc(F)cc1. The van der Waals surface area contributed by atoms with Gasteiger partial charge >= 0.3 is 5.97 Å². The Balaban J connectivity index is 2.91. The normalized spacial score (nSPS) is 12.1. The molecule has 0 aliphatic heterocycles. The molecule has 0 aliphatic rings. The lowest BCUT2D eigenvalue weighted by Crippen LogP contribution is -2.48. The Morgan fingerprint density at radius 3 is 2.44 bits per heavy atom. The minimum Gasteiger partial charge on any atom is -0.465 e. The van der Waals surface area contributed by atoms with Crippen LogP contribution in [-0.4, -0.2) is 63.3 Å². The number of hydrogen-bond acceptors (Lipinski definition) is 5. The van der Waals surface area contributed by atoms with Gasteiger partial charge in [-0.2, -0.15) is 0 Å². The third-order valence-electron chi connectivity index (χ3n) is 3.87. The molecule has 0 N–H and O–H groups in total. The van der Waals surface area contributed by atoms with E-state index >= 15 is 0 Å². The minimum atomic E-state index is -0.505. The molecule has 1 rings (SSSR count). The summed E-state index contributed by atoms with van der Waals surface area (Å²) in [7, 11) is 3.47. The van der Waals surface area contributed by atoms with Gasteiger partial charge in [0.05, 0.1) is 12.6 Å². The van der Waals surface area contributed by atoms with Gasteiger partial charge in [-0.25, -0.2) is 4.39 Å². The molecule has 1 aromatic carbocycles. The van der Waals surface area contributed by atoms with Gasteiger partial charge in [0, 0.05) is 25.9 Å². The van der Waals surface area contributed by atoms with Crippen molar-refractivity contribution < 1.29 is 23.5 Å². The smallest absolute Gasteiger partial charge is 0.326 e. The standard InChI is InChI=1S/C18H27FN2O4/c1-5-25-17(22)13-21(16-9-7-15(19)8-10-16)18(23)14(2)20(3)11-6-12-24-4/h7-10,14H,5-6,11-13H2,1-4H3. The van der Waals surface area contributed by atoms with Crippen LogP contribution >= 0.6 is 0 Å².